The molecule has 6 nitrogen and oxygen atoms in total. The highest BCUT2D eigenvalue weighted by atomic mass is 32.2. The Morgan fingerprint density at radius 1 is 1.12 bits per heavy atom. The van der Waals surface area contributed by atoms with E-state index in [0.29, 0.717) is 12.0 Å². The quantitative estimate of drug-likeness (QED) is 0.741. The molecule has 3 rings (SSSR count). The van der Waals surface area contributed by atoms with Crippen LogP contribution in [0.25, 0.3) is 0 Å². The Labute approximate surface area is 148 Å². The largest absolute Gasteiger partial charge is 0.452 e. The molecular formula is C18H23NO5S. The van der Waals surface area contributed by atoms with Crippen molar-refractivity contribution in [2.45, 2.75) is 45.2 Å². The van der Waals surface area contributed by atoms with E-state index in [4.69, 9.17) is 4.74 Å². The number of hydrogen-bond donors (Lipinski definition) is 0. The van der Waals surface area contributed by atoms with Crippen LogP contribution in [0.2, 0.25) is 0 Å². The smallest absolute Gasteiger partial charge is 0.338 e. The molecule has 1 aromatic carbocycles. The highest BCUT2D eigenvalue weighted by molar-refractivity contribution is 7.91. The monoisotopic (exact) mass is 365 g/mol. The summed E-state index contributed by atoms with van der Waals surface area (Å²) in [6.07, 6.45) is 2.23. The molecule has 1 saturated carbocycles. The molecule has 0 radical (unpaired) electrons. The van der Waals surface area contributed by atoms with Crippen molar-refractivity contribution >= 4 is 21.7 Å². The predicted molar refractivity (Wildman–Crippen MR) is 93.1 cm³/mol. The number of sulfone groups is 1. The zero-order chi connectivity index (χ0) is 18.2. The molecule has 0 N–H and O–H groups in total. The predicted octanol–water partition coefficient (Wildman–Crippen LogP) is 1.64. The molecule has 1 atom stereocenters. The van der Waals surface area contributed by atoms with E-state index < -0.39 is 15.8 Å². The molecule has 1 amide bonds. The lowest BCUT2D eigenvalue weighted by Gasteiger charge is -2.28. The van der Waals surface area contributed by atoms with Gasteiger partial charge in [-0.3, -0.25) is 4.79 Å². The van der Waals surface area contributed by atoms with E-state index in [1.54, 1.807) is 17.0 Å². The molecule has 1 aromatic rings. The van der Waals surface area contributed by atoms with Gasteiger partial charge in [0.1, 0.15) is 0 Å². The minimum absolute atomic E-state index is 0.0142. The lowest BCUT2D eigenvalue weighted by Crippen LogP contribution is -2.44. The third kappa shape index (κ3) is 4.21. The van der Waals surface area contributed by atoms with Crippen LogP contribution in [0.15, 0.2) is 18.2 Å². The van der Waals surface area contributed by atoms with Crippen molar-refractivity contribution in [3.8, 4) is 0 Å². The van der Waals surface area contributed by atoms with Gasteiger partial charge in [-0.05, 0) is 56.4 Å². The SMILES string of the molecule is Cc1ccc(C(=O)OCC(=O)N(C2CC2)[C@@H]2CCS(=O)(=O)C2)cc1C. The number of benzene rings is 1. The summed E-state index contributed by atoms with van der Waals surface area (Å²) in [6, 6.07) is 5.06. The molecule has 1 aliphatic carbocycles. The molecule has 136 valence electrons. The fourth-order valence-electron chi connectivity index (χ4n) is 3.21. The van der Waals surface area contributed by atoms with Crippen LogP contribution in [0.3, 0.4) is 0 Å². The second-order valence-electron chi connectivity index (χ2n) is 6.96. The van der Waals surface area contributed by atoms with Gasteiger partial charge in [0, 0.05) is 12.1 Å². The van der Waals surface area contributed by atoms with Crippen LogP contribution in [-0.4, -0.2) is 55.4 Å². The van der Waals surface area contributed by atoms with Gasteiger partial charge in [-0.2, -0.15) is 0 Å². The van der Waals surface area contributed by atoms with Gasteiger partial charge in [0.15, 0.2) is 16.4 Å². The van der Waals surface area contributed by atoms with Gasteiger partial charge < -0.3 is 9.64 Å². The second-order valence-corrected chi connectivity index (χ2v) is 9.19. The summed E-state index contributed by atoms with van der Waals surface area (Å²) >= 11 is 0. The summed E-state index contributed by atoms with van der Waals surface area (Å²) in [6.45, 7) is 3.52. The molecule has 0 aromatic heterocycles. The third-order valence-corrected chi connectivity index (χ3v) is 6.65. The van der Waals surface area contributed by atoms with E-state index in [2.05, 4.69) is 0 Å². The van der Waals surface area contributed by atoms with Gasteiger partial charge in [-0.1, -0.05) is 6.07 Å². The molecule has 2 aliphatic rings. The van der Waals surface area contributed by atoms with Gasteiger partial charge in [0.05, 0.1) is 17.1 Å². The lowest BCUT2D eigenvalue weighted by atomic mass is 10.1. The number of esters is 1. The van der Waals surface area contributed by atoms with E-state index >= 15 is 0 Å². The van der Waals surface area contributed by atoms with Crippen LogP contribution < -0.4 is 0 Å². The first-order chi connectivity index (χ1) is 11.8. The maximum atomic E-state index is 12.5. The zero-order valence-electron chi connectivity index (χ0n) is 14.5. The Morgan fingerprint density at radius 3 is 2.40 bits per heavy atom. The first-order valence-electron chi connectivity index (χ1n) is 8.53. The van der Waals surface area contributed by atoms with Gasteiger partial charge in [0.25, 0.3) is 5.91 Å². The standard InChI is InChI=1S/C18H23NO5S/c1-12-3-4-14(9-13(12)2)18(21)24-10-17(20)19(15-5-6-15)16-7-8-25(22,23)11-16/h3-4,9,15-16H,5-8,10-11H2,1-2H3/t16-/m1/s1. The molecule has 0 unspecified atom stereocenters. The van der Waals surface area contributed by atoms with Gasteiger partial charge in [-0.15, -0.1) is 0 Å². The molecule has 0 spiro atoms. The number of amides is 1. The van der Waals surface area contributed by atoms with Gasteiger partial charge >= 0.3 is 5.97 Å². The number of ether oxygens (including phenoxy) is 1. The van der Waals surface area contributed by atoms with Crippen molar-refractivity contribution in [3.63, 3.8) is 0 Å². The number of nitrogens with zero attached hydrogens (tertiary/aromatic N) is 1. The summed E-state index contributed by atoms with van der Waals surface area (Å²) in [4.78, 5) is 26.3. The molecule has 1 aliphatic heterocycles. The van der Waals surface area contributed by atoms with Gasteiger partial charge in [0.2, 0.25) is 0 Å². The zero-order valence-corrected chi connectivity index (χ0v) is 15.3. The van der Waals surface area contributed by atoms with E-state index in [1.807, 2.05) is 19.9 Å². The summed E-state index contributed by atoms with van der Waals surface area (Å²) in [5.41, 5.74) is 2.48. The van der Waals surface area contributed by atoms with E-state index in [-0.39, 0.29) is 36.1 Å². The average Bonchev–Trinajstić information content (AvgIpc) is 3.31. The number of rotatable bonds is 5. The van der Waals surface area contributed by atoms with Crippen molar-refractivity contribution in [3.05, 3.63) is 34.9 Å². The summed E-state index contributed by atoms with van der Waals surface area (Å²) in [7, 11) is -3.06. The van der Waals surface area contributed by atoms with Gasteiger partial charge in [-0.25, -0.2) is 13.2 Å². The highest BCUT2D eigenvalue weighted by Crippen LogP contribution is 2.32. The number of hydrogen-bond acceptors (Lipinski definition) is 5. The summed E-state index contributed by atoms with van der Waals surface area (Å²) in [5, 5.41) is 0. The highest BCUT2D eigenvalue weighted by Gasteiger charge is 2.42. The second kappa shape index (κ2) is 6.78. The Kier molecular flexibility index (Phi) is 4.86. The fourth-order valence-corrected chi connectivity index (χ4v) is 4.92. The van der Waals surface area contributed by atoms with Crippen LogP contribution >= 0.6 is 0 Å². The van der Waals surface area contributed by atoms with Crippen LogP contribution in [0.4, 0.5) is 0 Å². The molecule has 25 heavy (non-hydrogen) atoms. The topological polar surface area (TPSA) is 80.8 Å². The van der Waals surface area contributed by atoms with E-state index in [0.717, 1.165) is 24.0 Å². The van der Waals surface area contributed by atoms with Crippen molar-refractivity contribution in [2.24, 2.45) is 0 Å². The summed E-state index contributed by atoms with van der Waals surface area (Å²) in [5.74, 6) is -0.704. The average molecular weight is 365 g/mol. The minimum atomic E-state index is -3.06. The fraction of sp³-hybridized carbons (Fsp3) is 0.556. The van der Waals surface area contributed by atoms with Crippen LogP contribution in [-0.2, 0) is 19.4 Å². The Balaban J connectivity index is 1.62. The number of aryl methyl sites for hydroxylation is 2. The normalized spacial score (nSPS) is 21.8. The molecular weight excluding hydrogens is 342 g/mol. The summed E-state index contributed by atoms with van der Waals surface area (Å²) < 4.78 is 28.6. The molecule has 0 bridgehead atoms. The maximum absolute atomic E-state index is 12.5. The van der Waals surface area contributed by atoms with Crippen molar-refractivity contribution in [2.75, 3.05) is 18.1 Å². The first kappa shape index (κ1) is 17.9. The van der Waals surface area contributed by atoms with Crippen molar-refractivity contribution < 1.29 is 22.7 Å². The molecule has 2 fully saturated rings. The van der Waals surface area contributed by atoms with E-state index in [1.165, 1.54) is 0 Å². The Bertz CT molecular complexity index is 798. The van der Waals surface area contributed by atoms with Crippen LogP contribution in [0, 0.1) is 13.8 Å². The number of carbonyl (C=O) groups is 2. The third-order valence-electron chi connectivity index (χ3n) is 4.90. The van der Waals surface area contributed by atoms with Crippen molar-refractivity contribution in [1.82, 2.24) is 4.90 Å². The first-order valence-corrected chi connectivity index (χ1v) is 10.3. The minimum Gasteiger partial charge on any atom is -0.452 e. The number of carbonyl (C=O) groups excluding carboxylic acids is 2. The molecule has 7 heteroatoms. The molecule has 1 heterocycles. The Morgan fingerprint density at radius 2 is 1.84 bits per heavy atom. The maximum Gasteiger partial charge on any atom is 0.338 e. The van der Waals surface area contributed by atoms with Crippen molar-refractivity contribution in [1.29, 1.82) is 0 Å². The van der Waals surface area contributed by atoms with E-state index in [9.17, 15) is 18.0 Å². The Hall–Kier alpha value is -1.89. The lowest BCUT2D eigenvalue weighted by molar-refractivity contribution is -0.137. The molecule has 1 saturated heterocycles. The van der Waals surface area contributed by atoms with Crippen LogP contribution in [0.1, 0.15) is 40.7 Å². The van der Waals surface area contributed by atoms with Crippen LogP contribution in [0.5, 0.6) is 0 Å².